The first-order chi connectivity index (χ1) is 13.9. The summed E-state index contributed by atoms with van der Waals surface area (Å²) in [5, 5.41) is 3.43. The number of aryl methyl sites for hydroxylation is 1. The van der Waals surface area contributed by atoms with Crippen LogP contribution >= 0.6 is 22.9 Å². The number of anilines is 1. The smallest absolute Gasteiger partial charge is 0.341 e. The van der Waals surface area contributed by atoms with E-state index in [0.29, 0.717) is 10.6 Å². The summed E-state index contributed by atoms with van der Waals surface area (Å²) in [6, 6.07) is 2.93. The first kappa shape index (κ1) is 21.3. The van der Waals surface area contributed by atoms with Gasteiger partial charge in [0.25, 0.3) is 5.91 Å². The average Bonchev–Trinajstić information content (AvgIpc) is 3.06. The van der Waals surface area contributed by atoms with Crippen molar-refractivity contribution in [2.24, 2.45) is 0 Å². The Bertz CT molecular complexity index is 926. The number of rotatable bonds is 6. The molecule has 0 bridgehead atoms. The fourth-order valence-corrected chi connectivity index (χ4v) is 4.46. The van der Waals surface area contributed by atoms with Crippen LogP contribution in [0, 0.1) is 0 Å². The second-order valence-electron chi connectivity index (χ2n) is 6.54. The quantitative estimate of drug-likeness (QED) is 0.542. The van der Waals surface area contributed by atoms with E-state index in [1.54, 1.807) is 6.92 Å². The predicted molar refractivity (Wildman–Crippen MR) is 110 cm³/mol. The van der Waals surface area contributed by atoms with E-state index in [1.165, 1.54) is 36.6 Å². The lowest BCUT2D eigenvalue weighted by Crippen LogP contribution is -2.30. The van der Waals surface area contributed by atoms with Crippen molar-refractivity contribution in [3.63, 3.8) is 0 Å². The lowest BCUT2D eigenvalue weighted by atomic mass is 9.95. The molecule has 1 aliphatic carbocycles. The topological polar surface area (TPSA) is 94.6 Å². The van der Waals surface area contributed by atoms with Crippen molar-refractivity contribution >= 4 is 45.8 Å². The van der Waals surface area contributed by atoms with E-state index in [9.17, 15) is 14.4 Å². The first-order valence-electron chi connectivity index (χ1n) is 9.35. The SMILES string of the molecule is CCOC(=O)c1c(NC(=O)C(C)OC(=O)c2ccc(Cl)nc2)sc2c1CCCC2. The molecular formula is C20H21ClN2O5S. The number of ether oxygens (including phenoxy) is 2. The molecule has 3 rings (SSSR count). The zero-order valence-electron chi connectivity index (χ0n) is 16.1. The zero-order chi connectivity index (χ0) is 21.0. The number of fused-ring (bicyclic) bond motifs is 1. The molecular weight excluding hydrogens is 416 g/mol. The largest absolute Gasteiger partial charge is 0.462 e. The maximum atomic E-state index is 12.6. The van der Waals surface area contributed by atoms with Gasteiger partial charge in [-0.1, -0.05) is 11.6 Å². The summed E-state index contributed by atoms with van der Waals surface area (Å²) in [6.45, 7) is 3.45. The fourth-order valence-electron chi connectivity index (χ4n) is 3.07. The molecule has 0 saturated carbocycles. The minimum atomic E-state index is -1.06. The highest BCUT2D eigenvalue weighted by atomic mass is 35.5. The van der Waals surface area contributed by atoms with Crippen LogP contribution in [-0.2, 0) is 27.1 Å². The number of carbonyl (C=O) groups is 3. The molecule has 0 saturated heterocycles. The Morgan fingerprint density at radius 1 is 1.24 bits per heavy atom. The number of hydrogen-bond donors (Lipinski definition) is 1. The second-order valence-corrected chi connectivity index (χ2v) is 8.03. The van der Waals surface area contributed by atoms with Gasteiger partial charge in [-0.25, -0.2) is 14.6 Å². The number of nitrogens with one attached hydrogen (secondary N) is 1. The maximum Gasteiger partial charge on any atom is 0.341 e. The van der Waals surface area contributed by atoms with Gasteiger partial charge in [0.2, 0.25) is 0 Å². The van der Waals surface area contributed by atoms with Gasteiger partial charge in [-0.3, -0.25) is 4.79 Å². The Kier molecular flexibility index (Phi) is 6.87. The lowest BCUT2D eigenvalue weighted by molar-refractivity contribution is -0.123. The van der Waals surface area contributed by atoms with E-state index in [0.717, 1.165) is 36.1 Å². The van der Waals surface area contributed by atoms with Crippen LogP contribution in [0.5, 0.6) is 0 Å². The number of hydrogen-bond acceptors (Lipinski definition) is 7. The van der Waals surface area contributed by atoms with Crippen molar-refractivity contribution in [1.82, 2.24) is 4.98 Å². The van der Waals surface area contributed by atoms with Gasteiger partial charge in [0.15, 0.2) is 6.10 Å². The third-order valence-electron chi connectivity index (χ3n) is 4.50. The van der Waals surface area contributed by atoms with E-state index in [2.05, 4.69) is 10.3 Å². The van der Waals surface area contributed by atoms with Crippen molar-refractivity contribution in [1.29, 1.82) is 0 Å². The van der Waals surface area contributed by atoms with Crippen LogP contribution in [-0.4, -0.2) is 35.5 Å². The molecule has 1 atom stereocenters. The number of halogens is 1. The summed E-state index contributed by atoms with van der Waals surface area (Å²) in [4.78, 5) is 42.2. The highest BCUT2D eigenvalue weighted by Gasteiger charge is 2.29. The van der Waals surface area contributed by atoms with Gasteiger partial charge in [0, 0.05) is 11.1 Å². The standard InChI is InChI=1S/C20H21ClN2O5S/c1-3-27-20(26)16-13-6-4-5-7-14(13)29-18(16)23-17(24)11(2)28-19(25)12-8-9-15(21)22-10-12/h8-11H,3-7H2,1-2H3,(H,23,24). The number of pyridine rings is 1. The van der Waals surface area contributed by atoms with Crippen molar-refractivity contribution in [2.75, 3.05) is 11.9 Å². The van der Waals surface area contributed by atoms with E-state index in [1.807, 2.05) is 0 Å². The molecule has 1 amide bonds. The van der Waals surface area contributed by atoms with Gasteiger partial charge in [-0.05, 0) is 57.2 Å². The summed E-state index contributed by atoms with van der Waals surface area (Å²) in [6.07, 6.45) is 3.91. The second kappa shape index (κ2) is 9.37. The zero-order valence-corrected chi connectivity index (χ0v) is 17.7. The normalized spacial score (nSPS) is 13.9. The van der Waals surface area contributed by atoms with Crippen LogP contribution in [0.3, 0.4) is 0 Å². The molecule has 9 heteroatoms. The molecule has 2 aromatic heterocycles. The molecule has 29 heavy (non-hydrogen) atoms. The Balaban J connectivity index is 1.74. The number of amides is 1. The monoisotopic (exact) mass is 436 g/mol. The molecule has 0 aromatic carbocycles. The lowest BCUT2D eigenvalue weighted by Gasteiger charge is -2.14. The molecule has 0 fully saturated rings. The molecule has 2 aromatic rings. The molecule has 2 heterocycles. The molecule has 0 aliphatic heterocycles. The molecule has 7 nitrogen and oxygen atoms in total. The van der Waals surface area contributed by atoms with E-state index < -0.39 is 23.9 Å². The third kappa shape index (κ3) is 4.94. The van der Waals surface area contributed by atoms with E-state index in [-0.39, 0.29) is 17.3 Å². The summed E-state index contributed by atoms with van der Waals surface area (Å²) in [7, 11) is 0. The summed E-state index contributed by atoms with van der Waals surface area (Å²) < 4.78 is 10.4. The predicted octanol–water partition coefficient (Wildman–Crippen LogP) is 4.04. The van der Waals surface area contributed by atoms with Gasteiger partial charge >= 0.3 is 11.9 Å². The minimum absolute atomic E-state index is 0.188. The highest BCUT2D eigenvalue weighted by Crippen LogP contribution is 2.38. The Morgan fingerprint density at radius 2 is 2.00 bits per heavy atom. The van der Waals surface area contributed by atoms with Crippen molar-refractivity contribution in [2.45, 2.75) is 45.6 Å². The molecule has 1 aliphatic rings. The Labute approximate surface area is 177 Å². The average molecular weight is 437 g/mol. The Hall–Kier alpha value is -2.45. The summed E-state index contributed by atoms with van der Waals surface area (Å²) >= 11 is 7.09. The van der Waals surface area contributed by atoms with Crippen LogP contribution < -0.4 is 5.32 Å². The van der Waals surface area contributed by atoms with Crippen molar-refractivity contribution in [3.8, 4) is 0 Å². The molecule has 1 N–H and O–H groups in total. The number of aromatic nitrogens is 1. The van der Waals surface area contributed by atoms with Gasteiger partial charge in [-0.15, -0.1) is 11.3 Å². The van der Waals surface area contributed by atoms with Gasteiger partial charge in [0.05, 0.1) is 17.7 Å². The van der Waals surface area contributed by atoms with Crippen LogP contribution in [0.2, 0.25) is 5.15 Å². The van der Waals surface area contributed by atoms with Crippen molar-refractivity contribution in [3.05, 3.63) is 45.1 Å². The molecule has 154 valence electrons. The summed E-state index contributed by atoms with van der Waals surface area (Å²) in [5.41, 5.74) is 1.56. The van der Waals surface area contributed by atoms with Gasteiger partial charge in [0.1, 0.15) is 10.2 Å². The van der Waals surface area contributed by atoms with E-state index in [4.69, 9.17) is 21.1 Å². The van der Waals surface area contributed by atoms with Crippen LogP contribution in [0.15, 0.2) is 18.3 Å². The number of carbonyl (C=O) groups excluding carboxylic acids is 3. The van der Waals surface area contributed by atoms with Crippen LogP contribution in [0.4, 0.5) is 5.00 Å². The number of nitrogens with zero attached hydrogens (tertiary/aromatic N) is 1. The highest BCUT2D eigenvalue weighted by molar-refractivity contribution is 7.17. The van der Waals surface area contributed by atoms with Crippen molar-refractivity contribution < 1.29 is 23.9 Å². The minimum Gasteiger partial charge on any atom is -0.462 e. The summed E-state index contributed by atoms with van der Waals surface area (Å²) in [5.74, 6) is -1.66. The number of esters is 2. The molecule has 0 radical (unpaired) electrons. The fraction of sp³-hybridized carbons (Fsp3) is 0.400. The van der Waals surface area contributed by atoms with E-state index >= 15 is 0 Å². The van der Waals surface area contributed by atoms with Crippen LogP contribution in [0.25, 0.3) is 0 Å². The maximum absolute atomic E-state index is 12.6. The van der Waals surface area contributed by atoms with Gasteiger partial charge < -0.3 is 14.8 Å². The Morgan fingerprint density at radius 3 is 2.69 bits per heavy atom. The molecule has 1 unspecified atom stereocenters. The van der Waals surface area contributed by atoms with Crippen LogP contribution in [0.1, 0.15) is 57.8 Å². The van der Waals surface area contributed by atoms with Gasteiger partial charge in [-0.2, -0.15) is 0 Å². The third-order valence-corrected chi connectivity index (χ3v) is 5.93. The molecule has 0 spiro atoms. The first-order valence-corrected chi connectivity index (χ1v) is 10.5. The number of thiophene rings is 1.